The van der Waals surface area contributed by atoms with Gasteiger partial charge < -0.3 is 14.4 Å². The second-order valence-electron chi connectivity index (χ2n) is 5.11. The zero-order valence-corrected chi connectivity index (χ0v) is 12.7. The summed E-state index contributed by atoms with van der Waals surface area (Å²) < 4.78 is 11.4. The average Bonchev–Trinajstić information content (AvgIpc) is 2.42. The molecule has 1 aromatic carbocycles. The first-order chi connectivity index (χ1) is 9.15. The minimum absolute atomic E-state index is 0.533. The van der Waals surface area contributed by atoms with Crippen LogP contribution in [0.2, 0.25) is 0 Å². The molecule has 1 aromatic rings. The molecular weight excluding hydrogens is 238 g/mol. The van der Waals surface area contributed by atoms with Gasteiger partial charge in [-0.3, -0.25) is 0 Å². The van der Waals surface area contributed by atoms with Crippen LogP contribution in [-0.4, -0.2) is 45.4 Å². The molecule has 0 radical (unpaired) electrons. The quantitative estimate of drug-likeness (QED) is 0.640. The van der Waals surface area contributed by atoms with Gasteiger partial charge in [0.25, 0.3) is 0 Å². The third kappa shape index (κ3) is 6.08. The van der Waals surface area contributed by atoms with Crippen molar-refractivity contribution in [2.45, 2.75) is 26.2 Å². The maximum atomic E-state index is 5.83. The van der Waals surface area contributed by atoms with Crippen LogP contribution in [0.5, 0.6) is 5.75 Å². The van der Waals surface area contributed by atoms with Gasteiger partial charge in [0.1, 0.15) is 12.4 Å². The normalized spacial score (nSPS) is 12.7. The van der Waals surface area contributed by atoms with Gasteiger partial charge in [-0.15, -0.1) is 0 Å². The summed E-state index contributed by atoms with van der Waals surface area (Å²) in [7, 11) is 4.09. The first kappa shape index (κ1) is 16.0. The number of ether oxygens (including phenoxy) is 2. The summed E-state index contributed by atoms with van der Waals surface area (Å²) in [5.41, 5.74) is 1.29. The largest absolute Gasteiger partial charge is 0.491 e. The molecular formula is C16H27NO2. The second kappa shape index (κ2) is 8.94. The lowest BCUT2D eigenvalue weighted by Gasteiger charge is -2.16. The first-order valence-corrected chi connectivity index (χ1v) is 7.09. The Bertz CT molecular complexity index is 352. The van der Waals surface area contributed by atoms with Crippen LogP contribution in [0.4, 0.5) is 0 Å². The summed E-state index contributed by atoms with van der Waals surface area (Å²) in [5.74, 6) is 1.53. The Balaban J connectivity index is 2.33. The zero-order valence-electron chi connectivity index (χ0n) is 12.7. The molecule has 0 aromatic heterocycles. The molecule has 108 valence electrons. The molecule has 0 spiro atoms. The van der Waals surface area contributed by atoms with Gasteiger partial charge in [0.05, 0.1) is 13.2 Å². The molecule has 0 saturated carbocycles. The highest BCUT2D eigenvalue weighted by Gasteiger charge is 2.08. The summed E-state index contributed by atoms with van der Waals surface area (Å²) in [5, 5.41) is 0. The summed E-state index contributed by atoms with van der Waals surface area (Å²) in [4.78, 5) is 2.11. The monoisotopic (exact) mass is 265 g/mol. The van der Waals surface area contributed by atoms with Gasteiger partial charge in [-0.2, -0.15) is 0 Å². The molecule has 1 atom stereocenters. The molecule has 3 heteroatoms. The molecule has 0 bridgehead atoms. The molecule has 0 aliphatic heterocycles. The predicted molar refractivity (Wildman–Crippen MR) is 80.0 cm³/mol. The standard InChI is InChI=1S/C16H27NO2/c1-5-14(2)15-8-6-7-9-16(15)19-13-12-18-11-10-17(3)4/h6-9,14H,5,10-13H2,1-4H3. The summed E-state index contributed by atoms with van der Waals surface area (Å²) in [6.45, 7) is 7.39. The molecule has 1 unspecified atom stereocenters. The smallest absolute Gasteiger partial charge is 0.122 e. The Labute approximate surface area is 117 Å². The Morgan fingerprint density at radius 1 is 1.11 bits per heavy atom. The molecule has 0 N–H and O–H groups in total. The molecule has 0 fully saturated rings. The van der Waals surface area contributed by atoms with Crippen LogP contribution in [0.25, 0.3) is 0 Å². The van der Waals surface area contributed by atoms with Crippen LogP contribution in [0.15, 0.2) is 24.3 Å². The van der Waals surface area contributed by atoms with Gasteiger partial charge in [0.2, 0.25) is 0 Å². The van der Waals surface area contributed by atoms with Crippen molar-refractivity contribution in [2.24, 2.45) is 0 Å². The zero-order chi connectivity index (χ0) is 14.1. The number of hydrogen-bond donors (Lipinski definition) is 0. The molecule has 0 aliphatic carbocycles. The van der Waals surface area contributed by atoms with Crippen molar-refractivity contribution in [1.29, 1.82) is 0 Å². The van der Waals surface area contributed by atoms with Gasteiger partial charge in [-0.1, -0.05) is 32.0 Å². The van der Waals surface area contributed by atoms with E-state index in [1.807, 2.05) is 26.2 Å². The Morgan fingerprint density at radius 2 is 1.84 bits per heavy atom. The van der Waals surface area contributed by atoms with E-state index in [2.05, 4.69) is 30.9 Å². The van der Waals surface area contributed by atoms with E-state index in [1.54, 1.807) is 0 Å². The van der Waals surface area contributed by atoms with Gasteiger partial charge in [-0.05, 0) is 38.1 Å². The van der Waals surface area contributed by atoms with E-state index in [0.717, 1.165) is 25.3 Å². The number of likely N-dealkylation sites (N-methyl/N-ethyl adjacent to an activating group) is 1. The van der Waals surface area contributed by atoms with Crippen molar-refractivity contribution in [3.63, 3.8) is 0 Å². The van der Waals surface area contributed by atoms with Crippen molar-refractivity contribution < 1.29 is 9.47 Å². The van der Waals surface area contributed by atoms with Crippen LogP contribution in [0, 0.1) is 0 Å². The van der Waals surface area contributed by atoms with Crippen molar-refractivity contribution in [3.8, 4) is 5.75 Å². The van der Waals surface area contributed by atoms with Crippen LogP contribution in [0.1, 0.15) is 31.7 Å². The Morgan fingerprint density at radius 3 is 2.53 bits per heavy atom. The third-order valence-corrected chi connectivity index (χ3v) is 3.23. The van der Waals surface area contributed by atoms with E-state index in [0.29, 0.717) is 19.1 Å². The molecule has 1 rings (SSSR count). The lowest BCUT2D eigenvalue weighted by molar-refractivity contribution is 0.0886. The molecule has 0 amide bonds. The number of rotatable bonds is 9. The number of para-hydroxylation sites is 1. The molecule has 0 heterocycles. The lowest BCUT2D eigenvalue weighted by Crippen LogP contribution is -2.19. The first-order valence-electron chi connectivity index (χ1n) is 7.09. The van der Waals surface area contributed by atoms with Crippen molar-refractivity contribution in [3.05, 3.63) is 29.8 Å². The summed E-state index contributed by atoms with van der Waals surface area (Å²) >= 11 is 0. The van der Waals surface area contributed by atoms with E-state index < -0.39 is 0 Å². The van der Waals surface area contributed by atoms with Crippen LogP contribution in [0.3, 0.4) is 0 Å². The fourth-order valence-electron chi connectivity index (χ4n) is 1.80. The summed E-state index contributed by atoms with van der Waals surface area (Å²) in [6, 6.07) is 8.29. The Hall–Kier alpha value is -1.06. The average molecular weight is 265 g/mol. The maximum absolute atomic E-state index is 5.83. The number of nitrogens with zero attached hydrogens (tertiary/aromatic N) is 1. The van der Waals surface area contributed by atoms with Gasteiger partial charge >= 0.3 is 0 Å². The highest BCUT2D eigenvalue weighted by atomic mass is 16.5. The minimum Gasteiger partial charge on any atom is -0.491 e. The van der Waals surface area contributed by atoms with Crippen molar-refractivity contribution in [2.75, 3.05) is 40.5 Å². The van der Waals surface area contributed by atoms with E-state index in [1.165, 1.54) is 5.56 Å². The highest BCUT2D eigenvalue weighted by molar-refractivity contribution is 5.35. The van der Waals surface area contributed by atoms with E-state index >= 15 is 0 Å². The fraction of sp³-hybridized carbons (Fsp3) is 0.625. The highest BCUT2D eigenvalue weighted by Crippen LogP contribution is 2.28. The molecule has 3 nitrogen and oxygen atoms in total. The predicted octanol–water partition coefficient (Wildman–Crippen LogP) is 3.16. The third-order valence-electron chi connectivity index (χ3n) is 3.23. The topological polar surface area (TPSA) is 21.7 Å². The molecule has 0 saturated heterocycles. The van der Waals surface area contributed by atoms with Crippen LogP contribution >= 0.6 is 0 Å². The van der Waals surface area contributed by atoms with Gasteiger partial charge in [0, 0.05) is 6.54 Å². The van der Waals surface area contributed by atoms with Gasteiger partial charge in [0.15, 0.2) is 0 Å². The lowest BCUT2D eigenvalue weighted by atomic mass is 9.98. The second-order valence-corrected chi connectivity index (χ2v) is 5.11. The van der Waals surface area contributed by atoms with Crippen LogP contribution < -0.4 is 4.74 Å². The molecule has 0 aliphatic rings. The maximum Gasteiger partial charge on any atom is 0.122 e. The summed E-state index contributed by atoms with van der Waals surface area (Å²) in [6.07, 6.45) is 1.12. The van der Waals surface area contributed by atoms with E-state index in [4.69, 9.17) is 9.47 Å². The number of benzene rings is 1. The SMILES string of the molecule is CCC(C)c1ccccc1OCCOCCN(C)C. The van der Waals surface area contributed by atoms with E-state index in [9.17, 15) is 0 Å². The fourth-order valence-corrected chi connectivity index (χ4v) is 1.80. The van der Waals surface area contributed by atoms with Crippen LogP contribution in [-0.2, 0) is 4.74 Å². The van der Waals surface area contributed by atoms with Crippen molar-refractivity contribution >= 4 is 0 Å². The van der Waals surface area contributed by atoms with E-state index in [-0.39, 0.29) is 0 Å². The van der Waals surface area contributed by atoms with Gasteiger partial charge in [-0.25, -0.2) is 0 Å². The molecule has 19 heavy (non-hydrogen) atoms. The number of hydrogen-bond acceptors (Lipinski definition) is 3. The Kier molecular flexibility index (Phi) is 7.53. The minimum atomic E-state index is 0.533. The van der Waals surface area contributed by atoms with Crippen molar-refractivity contribution in [1.82, 2.24) is 4.90 Å².